The normalized spacial score (nSPS) is 25.5. The molecule has 2 unspecified atom stereocenters. The molecule has 0 amide bonds. The fraction of sp³-hybridized carbons (Fsp3) is 0.455. The van der Waals surface area contributed by atoms with Crippen LogP contribution in [0.1, 0.15) is 6.92 Å². The lowest BCUT2D eigenvalue weighted by Crippen LogP contribution is -2.22. The average Bonchev–Trinajstić information content (AvgIpc) is 2.62. The van der Waals surface area contributed by atoms with Crippen LogP contribution in [0.2, 0.25) is 0 Å². The summed E-state index contributed by atoms with van der Waals surface area (Å²) in [6.45, 7) is 3.39. The van der Waals surface area contributed by atoms with Crippen molar-refractivity contribution in [3.63, 3.8) is 0 Å². The van der Waals surface area contributed by atoms with Gasteiger partial charge in [-0.05, 0) is 18.1 Å². The summed E-state index contributed by atoms with van der Waals surface area (Å²) in [5.41, 5.74) is 1.06. The van der Waals surface area contributed by atoms with Crippen LogP contribution in [0.4, 0.5) is 5.69 Å². The molecule has 0 aliphatic carbocycles. The maximum atomic E-state index is 10.9. The molecule has 0 radical (unpaired) electrons. The van der Waals surface area contributed by atoms with Gasteiger partial charge in [0.2, 0.25) is 0 Å². The van der Waals surface area contributed by atoms with Crippen molar-refractivity contribution < 1.29 is 9.90 Å². The van der Waals surface area contributed by atoms with Gasteiger partial charge in [-0.3, -0.25) is 9.78 Å². The van der Waals surface area contributed by atoms with Crippen LogP contribution in [0, 0.1) is 11.8 Å². The van der Waals surface area contributed by atoms with Gasteiger partial charge in [0.1, 0.15) is 0 Å². The predicted molar refractivity (Wildman–Crippen MR) is 56.7 cm³/mol. The van der Waals surface area contributed by atoms with E-state index in [9.17, 15) is 4.79 Å². The Balaban J connectivity index is 2.13. The molecule has 1 saturated heterocycles. The molecule has 0 aromatic carbocycles. The Morgan fingerprint density at radius 2 is 2.13 bits per heavy atom. The first-order valence-electron chi connectivity index (χ1n) is 5.06. The van der Waals surface area contributed by atoms with Crippen LogP contribution in [-0.2, 0) is 4.79 Å². The van der Waals surface area contributed by atoms with Crippen LogP contribution in [0.15, 0.2) is 24.5 Å². The number of aromatic nitrogens is 1. The van der Waals surface area contributed by atoms with Gasteiger partial charge >= 0.3 is 5.97 Å². The number of carbonyl (C=O) groups is 1. The fourth-order valence-electron chi connectivity index (χ4n) is 2.05. The van der Waals surface area contributed by atoms with E-state index in [4.69, 9.17) is 5.11 Å². The summed E-state index contributed by atoms with van der Waals surface area (Å²) < 4.78 is 0. The molecule has 0 saturated carbocycles. The van der Waals surface area contributed by atoms with E-state index in [1.54, 1.807) is 12.4 Å². The second-order valence-corrected chi connectivity index (χ2v) is 4.03. The number of hydrogen-bond acceptors (Lipinski definition) is 3. The van der Waals surface area contributed by atoms with E-state index in [0.29, 0.717) is 6.54 Å². The Bertz CT molecular complexity index is 353. The van der Waals surface area contributed by atoms with Gasteiger partial charge in [0.15, 0.2) is 0 Å². The van der Waals surface area contributed by atoms with E-state index in [1.165, 1.54) is 0 Å². The summed E-state index contributed by atoms with van der Waals surface area (Å²) in [7, 11) is 0. The third-order valence-electron chi connectivity index (χ3n) is 2.96. The van der Waals surface area contributed by atoms with Crippen molar-refractivity contribution in [2.75, 3.05) is 18.0 Å². The van der Waals surface area contributed by atoms with Gasteiger partial charge in [-0.1, -0.05) is 6.92 Å². The summed E-state index contributed by atoms with van der Waals surface area (Å²) in [6.07, 6.45) is 3.46. The maximum absolute atomic E-state index is 10.9. The molecule has 2 heterocycles. The molecule has 4 heteroatoms. The molecular formula is C11H14N2O2. The summed E-state index contributed by atoms with van der Waals surface area (Å²) >= 11 is 0. The smallest absolute Gasteiger partial charge is 0.308 e. The largest absolute Gasteiger partial charge is 0.481 e. The molecule has 0 bridgehead atoms. The number of carboxylic acids is 1. The van der Waals surface area contributed by atoms with Crippen molar-refractivity contribution in [2.24, 2.45) is 11.8 Å². The molecule has 1 aromatic heterocycles. The van der Waals surface area contributed by atoms with E-state index in [0.717, 1.165) is 12.2 Å². The Kier molecular flexibility index (Phi) is 2.58. The summed E-state index contributed by atoms with van der Waals surface area (Å²) in [6, 6.07) is 3.83. The zero-order valence-corrected chi connectivity index (χ0v) is 8.63. The summed E-state index contributed by atoms with van der Waals surface area (Å²) in [5, 5.41) is 9.01. The first-order chi connectivity index (χ1) is 7.18. The van der Waals surface area contributed by atoms with Gasteiger partial charge in [-0.25, -0.2) is 0 Å². The Morgan fingerprint density at radius 3 is 2.67 bits per heavy atom. The lowest BCUT2D eigenvalue weighted by atomic mass is 9.99. The van der Waals surface area contributed by atoms with Crippen molar-refractivity contribution >= 4 is 11.7 Å². The highest BCUT2D eigenvalue weighted by Gasteiger charge is 2.34. The van der Waals surface area contributed by atoms with Crippen molar-refractivity contribution in [2.45, 2.75) is 6.92 Å². The first-order valence-corrected chi connectivity index (χ1v) is 5.06. The van der Waals surface area contributed by atoms with E-state index >= 15 is 0 Å². The molecule has 80 valence electrons. The minimum atomic E-state index is -0.695. The van der Waals surface area contributed by atoms with Gasteiger partial charge in [0.25, 0.3) is 0 Å². The van der Waals surface area contributed by atoms with E-state index in [-0.39, 0.29) is 11.8 Å². The SMILES string of the molecule is CC1CN(c2ccncc2)CC1C(=O)O. The van der Waals surface area contributed by atoms with E-state index < -0.39 is 5.97 Å². The molecule has 1 fully saturated rings. The monoisotopic (exact) mass is 206 g/mol. The van der Waals surface area contributed by atoms with Gasteiger partial charge in [0.05, 0.1) is 5.92 Å². The second kappa shape index (κ2) is 3.88. The minimum Gasteiger partial charge on any atom is -0.481 e. The van der Waals surface area contributed by atoms with Crippen molar-refractivity contribution in [3.8, 4) is 0 Å². The van der Waals surface area contributed by atoms with Crippen LogP contribution in [0.5, 0.6) is 0 Å². The Hall–Kier alpha value is -1.58. The molecule has 0 spiro atoms. The van der Waals surface area contributed by atoms with E-state index in [2.05, 4.69) is 9.88 Å². The summed E-state index contributed by atoms with van der Waals surface area (Å²) in [4.78, 5) is 17.0. The van der Waals surface area contributed by atoms with Gasteiger partial charge in [-0.15, -0.1) is 0 Å². The molecular weight excluding hydrogens is 192 g/mol. The Labute approximate surface area is 88.6 Å². The van der Waals surface area contributed by atoms with E-state index in [1.807, 2.05) is 19.1 Å². The van der Waals surface area contributed by atoms with Crippen LogP contribution in [-0.4, -0.2) is 29.1 Å². The highest BCUT2D eigenvalue weighted by molar-refractivity contribution is 5.72. The van der Waals surface area contributed by atoms with Gasteiger partial charge in [0, 0.05) is 31.2 Å². The molecule has 2 rings (SSSR count). The van der Waals surface area contributed by atoms with Crippen LogP contribution < -0.4 is 4.90 Å². The van der Waals surface area contributed by atoms with Crippen molar-refractivity contribution in [1.82, 2.24) is 4.98 Å². The highest BCUT2D eigenvalue weighted by atomic mass is 16.4. The van der Waals surface area contributed by atoms with Crippen LogP contribution in [0.25, 0.3) is 0 Å². The third kappa shape index (κ3) is 1.93. The van der Waals surface area contributed by atoms with Crippen LogP contribution in [0.3, 0.4) is 0 Å². The molecule has 1 aromatic rings. The first kappa shape index (κ1) is 9.96. The lowest BCUT2D eigenvalue weighted by Gasteiger charge is -2.17. The number of nitrogens with zero attached hydrogens (tertiary/aromatic N) is 2. The van der Waals surface area contributed by atoms with Crippen LogP contribution >= 0.6 is 0 Å². The quantitative estimate of drug-likeness (QED) is 0.791. The standard InChI is InChI=1S/C11H14N2O2/c1-8-6-13(7-10(8)11(14)15)9-2-4-12-5-3-9/h2-5,8,10H,6-7H2,1H3,(H,14,15). The topological polar surface area (TPSA) is 53.4 Å². The Morgan fingerprint density at radius 1 is 1.47 bits per heavy atom. The molecule has 2 atom stereocenters. The predicted octanol–water partition coefficient (Wildman–Crippen LogP) is 1.24. The maximum Gasteiger partial charge on any atom is 0.308 e. The zero-order chi connectivity index (χ0) is 10.8. The number of carboxylic acid groups (broad SMARTS) is 1. The number of rotatable bonds is 2. The molecule has 1 N–H and O–H groups in total. The summed E-state index contributed by atoms with van der Waals surface area (Å²) in [5.74, 6) is -0.743. The zero-order valence-electron chi connectivity index (χ0n) is 8.63. The lowest BCUT2D eigenvalue weighted by molar-refractivity contribution is -0.142. The molecule has 1 aliphatic heterocycles. The second-order valence-electron chi connectivity index (χ2n) is 4.03. The average molecular weight is 206 g/mol. The molecule has 1 aliphatic rings. The number of pyridine rings is 1. The van der Waals surface area contributed by atoms with Crippen molar-refractivity contribution in [3.05, 3.63) is 24.5 Å². The van der Waals surface area contributed by atoms with Crippen molar-refractivity contribution in [1.29, 1.82) is 0 Å². The van der Waals surface area contributed by atoms with Gasteiger partial charge in [-0.2, -0.15) is 0 Å². The number of anilines is 1. The fourth-order valence-corrected chi connectivity index (χ4v) is 2.05. The number of hydrogen-bond donors (Lipinski definition) is 1. The number of aliphatic carboxylic acids is 1. The van der Waals surface area contributed by atoms with Gasteiger partial charge < -0.3 is 10.0 Å². The minimum absolute atomic E-state index is 0.204. The molecule has 4 nitrogen and oxygen atoms in total. The molecule has 15 heavy (non-hydrogen) atoms. The third-order valence-corrected chi connectivity index (χ3v) is 2.96. The highest BCUT2D eigenvalue weighted by Crippen LogP contribution is 2.27.